The molecule has 0 unspecified atom stereocenters. The van der Waals surface area contributed by atoms with Crippen molar-refractivity contribution in [3.63, 3.8) is 0 Å². The molecule has 29 heavy (non-hydrogen) atoms. The lowest BCUT2D eigenvalue weighted by atomic mass is 10.1. The number of aryl methyl sites for hydroxylation is 1. The minimum absolute atomic E-state index is 0.0209. The zero-order valence-corrected chi connectivity index (χ0v) is 17.6. The Morgan fingerprint density at radius 2 is 2.00 bits per heavy atom. The molecule has 0 saturated carbocycles. The summed E-state index contributed by atoms with van der Waals surface area (Å²) in [6.45, 7) is 7.71. The molecule has 2 aromatic heterocycles. The molecule has 6 nitrogen and oxygen atoms in total. The van der Waals surface area contributed by atoms with E-state index in [1.807, 2.05) is 28.5 Å². The molecule has 3 aromatic rings. The Morgan fingerprint density at radius 3 is 2.76 bits per heavy atom. The van der Waals surface area contributed by atoms with Crippen LogP contribution >= 0.6 is 11.3 Å². The van der Waals surface area contributed by atoms with Crippen LogP contribution in [0.5, 0.6) is 0 Å². The van der Waals surface area contributed by atoms with Gasteiger partial charge in [-0.1, -0.05) is 23.4 Å². The number of carbonyl (C=O) groups is 1. The van der Waals surface area contributed by atoms with Crippen molar-refractivity contribution in [1.29, 1.82) is 0 Å². The summed E-state index contributed by atoms with van der Waals surface area (Å²) in [5.74, 6) is 0.750. The van der Waals surface area contributed by atoms with Crippen LogP contribution in [0.2, 0.25) is 0 Å². The number of hydrogen-bond donors (Lipinski definition) is 0. The van der Waals surface area contributed by atoms with Gasteiger partial charge in [-0.2, -0.15) is 0 Å². The SMILES string of the molecule is Cc1cccc(N2CCN(C(=O)COCc3cc(-c4cccs4)on3)CC2)c1C. The summed E-state index contributed by atoms with van der Waals surface area (Å²) in [6, 6.07) is 12.2. The fourth-order valence-corrected chi connectivity index (χ4v) is 4.20. The van der Waals surface area contributed by atoms with Gasteiger partial charge in [-0.3, -0.25) is 4.79 Å². The van der Waals surface area contributed by atoms with Crippen LogP contribution < -0.4 is 4.90 Å². The minimum Gasteiger partial charge on any atom is -0.368 e. The Labute approximate surface area is 174 Å². The van der Waals surface area contributed by atoms with Gasteiger partial charge < -0.3 is 19.1 Å². The Morgan fingerprint density at radius 1 is 1.17 bits per heavy atom. The van der Waals surface area contributed by atoms with Crippen molar-refractivity contribution < 1.29 is 14.1 Å². The van der Waals surface area contributed by atoms with E-state index in [1.54, 1.807) is 11.3 Å². The number of aromatic nitrogens is 1. The maximum Gasteiger partial charge on any atom is 0.248 e. The summed E-state index contributed by atoms with van der Waals surface area (Å²) < 4.78 is 10.9. The number of amides is 1. The molecule has 1 aromatic carbocycles. The number of benzene rings is 1. The largest absolute Gasteiger partial charge is 0.368 e. The van der Waals surface area contributed by atoms with Crippen LogP contribution in [-0.4, -0.2) is 48.7 Å². The second kappa shape index (κ2) is 8.80. The average Bonchev–Trinajstić information content (AvgIpc) is 3.42. The lowest BCUT2D eigenvalue weighted by Gasteiger charge is -2.37. The van der Waals surface area contributed by atoms with Gasteiger partial charge in [0.05, 0.1) is 11.5 Å². The Hall–Kier alpha value is -2.64. The van der Waals surface area contributed by atoms with Gasteiger partial charge in [0.15, 0.2) is 5.76 Å². The zero-order valence-electron chi connectivity index (χ0n) is 16.8. The van der Waals surface area contributed by atoms with Gasteiger partial charge in [0.25, 0.3) is 0 Å². The molecule has 1 aliphatic heterocycles. The van der Waals surface area contributed by atoms with E-state index in [4.69, 9.17) is 9.26 Å². The van der Waals surface area contributed by atoms with Gasteiger partial charge in [-0.25, -0.2) is 0 Å². The number of ether oxygens (including phenoxy) is 1. The molecule has 0 spiro atoms. The molecule has 4 rings (SSSR count). The fourth-order valence-electron chi connectivity index (χ4n) is 3.52. The quantitative estimate of drug-likeness (QED) is 0.616. The molecule has 1 saturated heterocycles. The highest BCUT2D eigenvalue weighted by molar-refractivity contribution is 7.13. The van der Waals surface area contributed by atoms with Gasteiger partial charge in [0.2, 0.25) is 5.91 Å². The normalized spacial score (nSPS) is 14.4. The van der Waals surface area contributed by atoms with Crippen LogP contribution in [0.3, 0.4) is 0 Å². The predicted octanol–water partition coefficient (Wildman–Crippen LogP) is 3.89. The highest BCUT2D eigenvalue weighted by Gasteiger charge is 2.22. The molecule has 7 heteroatoms. The van der Waals surface area contributed by atoms with E-state index >= 15 is 0 Å². The van der Waals surface area contributed by atoms with Gasteiger partial charge in [-0.05, 0) is 42.5 Å². The fraction of sp³-hybridized carbons (Fsp3) is 0.364. The molecule has 3 heterocycles. The topological polar surface area (TPSA) is 58.8 Å². The van der Waals surface area contributed by atoms with Crippen molar-refractivity contribution in [3.05, 3.63) is 58.6 Å². The van der Waals surface area contributed by atoms with Crippen LogP contribution in [0.4, 0.5) is 5.69 Å². The maximum atomic E-state index is 12.5. The third-order valence-electron chi connectivity index (χ3n) is 5.35. The summed E-state index contributed by atoms with van der Waals surface area (Å²) in [5.41, 5.74) is 4.57. The molecule has 1 amide bonds. The van der Waals surface area contributed by atoms with Crippen molar-refractivity contribution >= 4 is 22.9 Å². The van der Waals surface area contributed by atoms with E-state index in [0.29, 0.717) is 18.8 Å². The first-order valence-corrected chi connectivity index (χ1v) is 10.7. The molecule has 0 atom stereocenters. The molecule has 0 N–H and O–H groups in total. The molecule has 152 valence electrons. The van der Waals surface area contributed by atoms with Crippen LogP contribution in [0, 0.1) is 13.8 Å². The summed E-state index contributed by atoms with van der Waals surface area (Å²) in [6.07, 6.45) is 0. The minimum atomic E-state index is 0.0209. The number of piperazine rings is 1. The van der Waals surface area contributed by atoms with E-state index in [0.717, 1.165) is 23.7 Å². The first-order chi connectivity index (χ1) is 14.1. The smallest absolute Gasteiger partial charge is 0.248 e. The third-order valence-corrected chi connectivity index (χ3v) is 6.23. The van der Waals surface area contributed by atoms with E-state index in [1.165, 1.54) is 16.8 Å². The lowest BCUT2D eigenvalue weighted by molar-refractivity contribution is -0.136. The van der Waals surface area contributed by atoms with Crippen LogP contribution in [-0.2, 0) is 16.1 Å². The van der Waals surface area contributed by atoms with Crippen molar-refractivity contribution in [1.82, 2.24) is 10.1 Å². The first-order valence-electron chi connectivity index (χ1n) is 9.78. The van der Waals surface area contributed by atoms with E-state index in [2.05, 4.69) is 42.1 Å². The molecule has 1 aliphatic rings. The first kappa shape index (κ1) is 19.7. The Balaban J connectivity index is 1.24. The second-order valence-corrected chi connectivity index (χ2v) is 8.19. The average molecular weight is 412 g/mol. The zero-order chi connectivity index (χ0) is 20.2. The molecule has 0 radical (unpaired) electrons. The maximum absolute atomic E-state index is 12.5. The van der Waals surface area contributed by atoms with Crippen LogP contribution in [0.1, 0.15) is 16.8 Å². The second-order valence-electron chi connectivity index (χ2n) is 7.24. The number of hydrogen-bond acceptors (Lipinski definition) is 6. The standard InChI is InChI=1S/C22H25N3O3S/c1-16-5-3-6-19(17(16)2)24-8-10-25(11-9-24)22(26)15-27-14-18-13-20(28-23-18)21-7-4-12-29-21/h3-7,12-13H,8-11,14-15H2,1-2H3. The molecular formula is C22H25N3O3S. The van der Waals surface area contributed by atoms with Gasteiger partial charge in [0, 0.05) is 37.9 Å². The number of nitrogens with zero attached hydrogens (tertiary/aromatic N) is 3. The summed E-state index contributed by atoms with van der Waals surface area (Å²) >= 11 is 1.60. The monoisotopic (exact) mass is 411 g/mol. The molecule has 0 aliphatic carbocycles. The van der Waals surface area contributed by atoms with Gasteiger partial charge in [-0.15, -0.1) is 11.3 Å². The van der Waals surface area contributed by atoms with E-state index in [9.17, 15) is 4.79 Å². The highest BCUT2D eigenvalue weighted by Crippen LogP contribution is 2.26. The third kappa shape index (κ3) is 4.52. The lowest BCUT2D eigenvalue weighted by Crippen LogP contribution is -2.50. The van der Waals surface area contributed by atoms with Gasteiger partial charge >= 0.3 is 0 Å². The van der Waals surface area contributed by atoms with Gasteiger partial charge in [0.1, 0.15) is 12.3 Å². The summed E-state index contributed by atoms with van der Waals surface area (Å²) in [7, 11) is 0. The number of rotatable bonds is 6. The van der Waals surface area contributed by atoms with E-state index < -0.39 is 0 Å². The molecular weight excluding hydrogens is 386 g/mol. The van der Waals surface area contributed by atoms with Crippen molar-refractivity contribution in [2.24, 2.45) is 0 Å². The van der Waals surface area contributed by atoms with Crippen LogP contribution in [0.15, 0.2) is 46.3 Å². The van der Waals surface area contributed by atoms with Crippen molar-refractivity contribution in [3.8, 4) is 10.6 Å². The number of anilines is 1. The highest BCUT2D eigenvalue weighted by atomic mass is 32.1. The van der Waals surface area contributed by atoms with E-state index in [-0.39, 0.29) is 19.1 Å². The van der Waals surface area contributed by atoms with Crippen molar-refractivity contribution in [2.75, 3.05) is 37.7 Å². The molecule has 0 bridgehead atoms. The summed E-state index contributed by atoms with van der Waals surface area (Å²) in [5, 5.41) is 6.01. The molecule has 1 fully saturated rings. The summed E-state index contributed by atoms with van der Waals surface area (Å²) in [4.78, 5) is 17.7. The number of carbonyl (C=O) groups excluding carboxylic acids is 1. The Kier molecular flexibility index (Phi) is 5.97. The number of thiophene rings is 1. The van der Waals surface area contributed by atoms with Crippen molar-refractivity contribution in [2.45, 2.75) is 20.5 Å². The van der Waals surface area contributed by atoms with Crippen LogP contribution in [0.25, 0.3) is 10.6 Å². The predicted molar refractivity (Wildman–Crippen MR) is 114 cm³/mol. The Bertz CT molecular complexity index is 960.